The number of ether oxygens (including phenoxy) is 1. The van der Waals surface area contributed by atoms with Gasteiger partial charge in [0.05, 0.1) is 13.0 Å². The van der Waals surface area contributed by atoms with Crippen LogP contribution in [0.4, 0.5) is 0 Å². The van der Waals surface area contributed by atoms with Gasteiger partial charge in [-0.05, 0) is 51.6 Å². The van der Waals surface area contributed by atoms with Crippen molar-refractivity contribution in [3.05, 3.63) is 65.7 Å². The summed E-state index contributed by atoms with van der Waals surface area (Å²) in [6, 6.07) is 17.2. The third-order valence-electron chi connectivity index (χ3n) is 4.58. The van der Waals surface area contributed by atoms with E-state index >= 15 is 0 Å². The van der Waals surface area contributed by atoms with Crippen LogP contribution < -0.4 is 0 Å². The highest BCUT2D eigenvalue weighted by atomic mass is 16.5. The van der Waals surface area contributed by atoms with Crippen LogP contribution in [0.1, 0.15) is 24.5 Å². The lowest BCUT2D eigenvalue weighted by molar-refractivity contribution is -0.141. The molecule has 4 rings (SSSR count). The molecule has 3 aromatic carbocycles. The van der Waals surface area contributed by atoms with Gasteiger partial charge in [-0.3, -0.25) is 4.79 Å². The molecule has 23 heavy (non-hydrogen) atoms. The normalized spacial score (nSPS) is 13.2. The molecule has 0 radical (unpaired) electrons. The van der Waals surface area contributed by atoms with Gasteiger partial charge in [0.2, 0.25) is 0 Å². The number of benzene rings is 3. The number of carbonyl (C=O) groups excluding carboxylic acids is 1. The van der Waals surface area contributed by atoms with Gasteiger partial charge in [0.25, 0.3) is 0 Å². The first-order valence-electron chi connectivity index (χ1n) is 8.06. The van der Waals surface area contributed by atoms with Crippen molar-refractivity contribution in [3.8, 4) is 0 Å². The quantitative estimate of drug-likeness (QED) is 0.509. The third kappa shape index (κ3) is 2.31. The maximum absolute atomic E-state index is 11.8. The third-order valence-corrected chi connectivity index (χ3v) is 4.58. The van der Waals surface area contributed by atoms with Crippen molar-refractivity contribution in [2.24, 2.45) is 0 Å². The summed E-state index contributed by atoms with van der Waals surface area (Å²) in [6.07, 6.45) is 3.41. The van der Waals surface area contributed by atoms with Gasteiger partial charge in [0.15, 0.2) is 0 Å². The molecule has 0 unspecified atom stereocenters. The summed E-state index contributed by atoms with van der Waals surface area (Å²) in [5, 5.41) is 5.12. The van der Waals surface area contributed by atoms with Crippen molar-refractivity contribution >= 4 is 33.1 Å². The monoisotopic (exact) mass is 302 g/mol. The molecular formula is C21H18O2. The molecule has 0 heterocycles. The van der Waals surface area contributed by atoms with Crippen LogP contribution in [0.5, 0.6) is 0 Å². The van der Waals surface area contributed by atoms with Gasteiger partial charge < -0.3 is 4.74 Å². The van der Waals surface area contributed by atoms with Crippen molar-refractivity contribution in [2.75, 3.05) is 6.61 Å². The first kappa shape index (κ1) is 14.0. The summed E-state index contributed by atoms with van der Waals surface area (Å²) in [7, 11) is 0. The lowest BCUT2D eigenvalue weighted by Gasteiger charge is -2.11. The minimum absolute atomic E-state index is 0.148. The number of rotatable bonds is 3. The number of hydrogen-bond acceptors (Lipinski definition) is 2. The fourth-order valence-corrected chi connectivity index (χ4v) is 3.54. The van der Waals surface area contributed by atoms with Crippen LogP contribution in [0.15, 0.2) is 54.6 Å². The van der Waals surface area contributed by atoms with Gasteiger partial charge in [-0.15, -0.1) is 0 Å². The molecule has 0 fully saturated rings. The van der Waals surface area contributed by atoms with E-state index < -0.39 is 0 Å². The van der Waals surface area contributed by atoms with Gasteiger partial charge in [-0.25, -0.2) is 0 Å². The van der Waals surface area contributed by atoms with E-state index in [1.165, 1.54) is 32.7 Å². The maximum atomic E-state index is 11.8. The van der Waals surface area contributed by atoms with Crippen LogP contribution in [0.3, 0.4) is 0 Å². The van der Waals surface area contributed by atoms with E-state index in [4.69, 9.17) is 4.74 Å². The fourth-order valence-electron chi connectivity index (χ4n) is 3.54. The molecule has 0 N–H and O–H groups in total. The Bertz CT molecular complexity index is 951. The first-order chi connectivity index (χ1) is 11.3. The highest BCUT2D eigenvalue weighted by Gasteiger charge is 2.19. The van der Waals surface area contributed by atoms with Crippen LogP contribution in [0.2, 0.25) is 0 Å². The van der Waals surface area contributed by atoms with Gasteiger partial charge in [0.1, 0.15) is 0 Å². The summed E-state index contributed by atoms with van der Waals surface area (Å²) in [4.78, 5) is 11.8. The van der Waals surface area contributed by atoms with Crippen molar-refractivity contribution in [3.63, 3.8) is 0 Å². The van der Waals surface area contributed by atoms with Crippen LogP contribution in [0.25, 0.3) is 27.1 Å². The van der Waals surface area contributed by atoms with Gasteiger partial charge in [-0.2, -0.15) is 0 Å². The average molecular weight is 302 g/mol. The van der Waals surface area contributed by atoms with E-state index in [0.717, 1.165) is 12.0 Å². The first-order valence-corrected chi connectivity index (χ1v) is 8.06. The van der Waals surface area contributed by atoms with Crippen LogP contribution >= 0.6 is 0 Å². The van der Waals surface area contributed by atoms with Gasteiger partial charge in [0, 0.05) is 0 Å². The Hall–Kier alpha value is -2.61. The number of carbonyl (C=O) groups is 1. The minimum Gasteiger partial charge on any atom is -0.466 e. The Morgan fingerprint density at radius 2 is 1.83 bits per heavy atom. The standard InChI is InChI=1S/C21H18O2/c1-2-23-21(22)13-15-8-10-18-17(15)11-12-19-16-6-4-3-5-14(16)7-9-20(18)19/h3-9,11-12H,2,10,13H2,1H3. The molecule has 2 heteroatoms. The number of hydrogen-bond donors (Lipinski definition) is 0. The Balaban J connectivity index is 1.81. The number of allylic oxidation sites excluding steroid dienone is 1. The molecule has 114 valence electrons. The highest BCUT2D eigenvalue weighted by molar-refractivity contribution is 6.10. The van der Waals surface area contributed by atoms with Gasteiger partial charge >= 0.3 is 5.97 Å². The molecule has 0 amide bonds. The molecule has 0 saturated carbocycles. The van der Waals surface area contributed by atoms with Crippen LogP contribution in [-0.2, 0) is 16.0 Å². The second kappa shape index (κ2) is 5.54. The summed E-state index contributed by atoms with van der Waals surface area (Å²) in [5.74, 6) is -0.148. The molecule has 1 aliphatic rings. The molecule has 0 spiro atoms. The average Bonchev–Trinajstić information content (AvgIpc) is 2.98. The van der Waals surface area contributed by atoms with E-state index in [2.05, 4.69) is 54.6 Å². The molecule has 3 aromatic rings. The van der Waals surface area contributed by atoms with Crippen molar-refractivity contribution in [1.82, 2.24) is 0 Å². The summed E-state index contributed by atoms with van der Waals surface area (Å²) < 4.78 is 5.08. The summed E-state index contributed by atoms with van der Waals surface area (Å²) >= 11 is 0. The largest absolute Gasteiger partial charge is 0.466 e. The zero-order valence-corrected chi connectivity index (χ0v) is 13.1. The summed E-state index contributed by atoms with van der Waals surface area (Å²) in [6.45, 7) is 2.27. The Kier molecular flexibility index (Phi) is 3.38. The van der Waals surface area contributed by atoms with Crippen molar-refractivity contribution in [1.29, 1.82) is 0 Å². The van der Waals surface area contributed by atoms with E-state index in [0.29, 0.717) is 13.0 Å². The predicted octanol–water partition coefficient (Wildman–Crippen LogP) is 4.89. The van der Waals surface area contributed by atoms with E-state index in [1.807, 2.05) is 6.92 Å². The van der Waals surface area contributed by atoms with Crippen molar-refractivity contribution < 1.29 is 9.53 Å². The van der Waals surface area contributed by atoms with E-state index in [1.54, 1.807) is 0 Å². The molecule has 0 saturated heterocycles. The predicted molar refractivity (Wildman–Crippen MR) is 94.4 cm³/mol. The van der Waals surface area contributed by atoms with Crippen LogP contribution in [0, 0.1) is 0 Å². The molecule has 0 aliphatic heterocycles. The Labute approximate surface area is 135 Å². The Morgan fingerprint density at radius 3 is 2.70 bits per heavy atom. The fraction of sp³-hybridized carbons (Fsp3) is 0.190. The second-order valence-electron chi connectivity index (χ2n) is 5.89. The topological polar surface area (TPSA) is 26.3 Å². The molecular weight excluding hydrogens is 284 g/mol. The molecule has 0 aromatic heterocycles. The molecule has 0 bridgehead atoms. The Morgan fingerprint density at radius 1 is 1.00 bits per heavy atom. The van der Waals surface area contributed by atoms with E-state index in [-0.39, 0.29) is 5.97 Å². The molecule has 0 atom stereocenters. The second-order valence-corrected chi connectivity index (χ2v) is 5.89. The number of fused-ring (bicyclic) bond motifs is 5. The summed E-state index contributed by atoms with van der Waals surface area (Å²) in [5.41, 5.74) is 3.61. The lowest BCUT2D eigenvalue weighted by atomic mass is 9.94. The maximum Gasteiger partial charge on any atom is 0.310 e. The zero-order valence-electron chi connectivity index (χ0n) is 13.1. The van der Waals surface area contributed by atoms with Crippen LogP contribution in [-0.4, -0.2) is 12.6 Å². The van der Waals surface area contributed by atoms with Crippen molar-refractivity contribution in [2.45, 2.75) is 19.8 Å². The zero-order chi connectivity index (χ0) is 15.8. The van der Waals surface area contributed by atoms with Gasteiger partial charge in [-0.1, -0.05) is 54.6 Å². The highest BCUT2D eigenvalue weighted by Crippen LogP contribution is 2.37. The lowest BCUT2D eigenvalue weighted by Crippen LogP contribution is -2.04. The van der Waals surface area contributed by atoms with E-state index in [9.17, 15) is 4.79 Å². The smallest absolute Gasteiger partial charge is 0.310 e. The molecule has 2 nitrogen and oxygen atoms in total. The molecule has 1 aliphatic carbocycles. The minimum atomic E-state index is -0.148. The number of esters is 1. The SMILES string of the molecule is CCOC(=O)CC1=CCc2c1ccc1c2ccc2ccccc21.